The average molecular weight is 424 g/mol. The molecule has 8 nitrogen and oxygen atoms in total. The van der Waals surface area contributed by atoms with Crippen LogP contribution in [0.5, 0.6) is 11.6 Å². The number of fused-ring (bicyclic) bond motifs is 2. The van der Waals surface area contributed by atoms with E-state index >= 15 is 0 Å². The van der Waals surface area contributed by atoms with Gasteiger partial charge in [0.1, 0.15) is 22.8 Å². The Morgan fingerprint density at radius 3 is 2.96 bits per heavy atom. The summed E-state index contributed by atoms with van der Waals surface area (Å²) in [6.45, 7) is 1.04. The number of nitrogens with one attached hydrogen (secondary N) is 1. The van der Waals surface area contributed by atoms with E-state index in [0.717, 1.165) is 12.8 Å². The van der Waals surface area contributed by atoms with Gasteiger partial charge >= 0.3 is 0 Å². The van der Waals surface area contributed by atoms with Gasteiger partial charge in [0.25, 0.3) is 15.9 Å². The lowest BCUT2D eigenvalue weighted by molar-refractivity contribution is 0.0726. The Morgan fingerprint density at radius 1 is 1.36 bits per heavy atom. The van der Waals surface area contributed by atoms with Gasteiger partial charge in [-0.3, -0.25) is 9.52 Å². The van der Waals surface area contributed by atoms with Gasteiger partial charge in [0.05, 0.1) is 25.0 Å². The lowest BCUT2D eigenvalue weighted by Gasteiger charge is -2.20. The zero-order valence-electron chi connectivity index (χ0n) is 15.0. The molecule has 0 unspecified atom stereocenters. The number of sulfonamides is 1. The second kappa shape index (κ2) is 7.14. The number of nitrogens with zero attached hydrogens (tertiary/aromatic N) is 2. The predicted molar refractivity (Wildman–Crippen MR) is 103 cm³/mol. The normalized spacial score (nSPS) is 18.7. The molecule has 4 rings (SSSR count). The molecule has 1 aromatic heterocycles. The van der Waals surface area contributed by atoms with Gasteiger partial charge in [-0.05, 0) is 37.1 Å². The van der Waals surface area contributed by atoms with Crippen LogP contribution in [0.4, 0.5) is 5.69 Å². The molecular weight excluding hydrogens is 406 g/mol. The first-order valence-corrected chi connectivity index (χ1v) is 10.6. The van der Waals surface area contributed by atoms with E-state index in [0.29, 0.717) is 13.2 Å². The Hall–Kier alpha value is -2.52. The van der Waals surface area contributed by atoms with Gasteiger partial charge in [-0.25, -0.2) is 13.4 Å². The molecule has 1 amide bonds. The van der Waals surface area contributed by atoms with Crippen molar-refractivity contribution in [3.63, 3.8) is 0 Å². The molecule has 1 fully saturated rings. The van der Waals surface area contributed by atoms with Gasteiger partial charge in [-0.1, -0.05) is 11.6 Å². The minimum absolute atomic E-state index is 0.0255. The summed E-state index contributed by atoms with van der Waals surface area (Å²) in [7, 11) is -2.64. The second-order valence-corrected chi connectivity index (χ2v) is 8.67. The lowest BCUT2D eigenvalue weighted by atomic mass is 10.2. The Morgan fingerprint density at radius 2 is 2.18 bits per heavy atom. The van der Waals surface area contributed by atoms with Crippen molar-refractivity contribution in [3.8, 4) is 11.6 Å². The third-order valence-corrected chi connectivity index (χ3v) is 6.44. The molecule has 2 aliphatic rings. The molecule has 0 spiro atoms. The summed E-state index contributed by atoms with van der Waals surface area (Å²) in [6, 6.07) is 5.77. The molecule has 2 aliphatic heterocycles. The fraction of sp³-hybridized carbons (Fsp3) is 0.333. The number of rotatable bonds is 4. The fourth-order valence-corrected chi connectivity index (χ4v) is 4.92. The third kappa shape index (κ3) is 3.35. The maximum atomic E-state index is 12.8. The van der Waals surface area contributed by atoms with Crippen LogP contribution in [0, 0.1) is 0 Å². The molecule has 1 aromatic carbocycles. The monoisotopic (exact) mass is 423 g/mol. The van der Waals surface area contributed by atoms with Crippen molar-refractivity contribution in [3.05, 3.63) is 41.0 Å². The number of hydrogen-bond donors (Lipinski definition) is 1. The van der Waals surface area contributed by atoms with E-state index in [1.807, 2.05) is 0 Å². The summed E-state index contributed by atoms with van der Waals surface area (Å²) in [5.41, 5.74) is 0.387. The van der Waals surface area contributed by atoms with Gasteiger partial charge in [-0.15, -0.1) is 0 Å². The molecule has 0 bridgehead atoms. The number of carbonyl (C=O) groups excluding carboxylic acids is 1. The van der Waals surface area contributed by atoms with Crippen LogP contribution in [-0.4, -0.2) is 50.5 Å². The summed E-state index contributed by atoms with van der Waals surface area (Å²) in [5.74, 6) is 0.158. The highest BCUT2D eigenvalue weighted by molar-refractivity contribution is 7.92. The molecular formula is C18H18ClN3O5S. The number of pyridine rings is 1. The van der Waals surface area contributed by atoms with Crippen molar-refractivity contribution in [1.82, 2.24) is 9.88 Å². The highest BCUT2D eigenvalue weighted by atomic mass is 35.5. The van der Waals surface area contributed by atoms with Crippen molar-refractivity contribution >= 4 is 33.2 Å². The van der Waals surface area contributed by atoms with Crippen LogP contribution >= 0.6 is 11.6 Å². The van der Waals surface area contributed by atoms with Crippen LogP contribution in [0.15, 0.2) is 35.4 Å². The van der Waals surface area contributed by atoms with Crippen molar-refractivity contribution in [2.75, 3.05) is 25.0 Å². The van der Waals surface area contributed by atoms with Crippen molar-refractivity contribution in [2.24, 2.45) is 0 Å². The smallest absolute Gasteiger partial charge is 0.265 e. The third-order valence-electron chi connectivity index (χ3n) is 4.80. The lowest BCUT2D eigenvalue weighted by Crippen LogP contribution is -2.36. The number of aromatic nitrogens is 1. The summed E-state index contributed by atoms with van der Waals surface area (Å²) in [4.78, 5) is 18.6. The molecule has 1 N–H and O–H groups in total. The van der Waals surface area contributed by atoms with Crippen LogP contribution in [0.1, 0.15) is 23.2 Å². The fourth-order valence-electron chi connectivity index (χ4n) is 3.45. The van der Waals surface area contributed by atoms with Gasteiger partial charge in [-0.2, -0.15) is 0 Å². The van der Waals surface area contributed by atoms with Crippen LogP contribution in [0.3, 0.4) is 0 Å². The highest BCUT2D eigenvalue weighted by Crippen LogP contribution is 2.32. The zero-order chi connectivity index (χ0) is 19.9. The SMILES string of the molecule is COc1ccc(Cl)cc1S(=O)(=O)Nc1cnc2c(c1)C(=O)N1CCC[C@H]1CO2. The van der Waals surface area contributed by atoms with Gasteiger partial charge in [0.15, 0.2) is 0 Å². The molecule has 2 aromatic rings. The summed E-state index contributed by atoms with van der Waals surface area (Å²) in [5, 5.41) is 0.255. The highest BCUT2D eigenvalue weighted by Gasteiger charge is 2.35. The first-order valence-electron chi connectivity index (χ1n) is 8.69. The van der Waals surface area contributed by atoms with Gasteiger partial charge in [0.2, 0.25) is 5.88 Å². The van der Waals surface area contributed by atoms with Gasteiger partial charge < -0.3 is 14.4 Å². The number of methoxy groups -OCH3 is 1. The Labute approximate surface area is 167 Å². The summed E-state index contributed by atoms with van der Waals surface area (Å²) >= 11 is 5.94. The van der Waals surface area contributed by atoms with Crippen LogP contribution in [-0.2, 0) is 10.0 Å². The molecule has 10 heteroatoms. The molecule has 1 atom stereocenters. The quantitative estimate of drug-likeness (QED) is 0.811. The van der Waals surface area contributed by atoms with Crippen molar-refractivity contribution < 1.29 is 22.7 Å². The standard InChI is InChI=1S/C18H18ClN3O5S/c1-26-15-5-4-11(19)7-16(15)28(24,25)21-12-8-14-17(20-9-12)27-10-13-3-2-6-22(13)18(14)23/h4-5,7-9,13,21H,2-3,6,10H2,1H3/t13-/m0/s1. The zero-order valence-corrected chi connectivity index (χ0v) is 16.6. The molecule has 0 radical (unpaired) electrons. The maximum Gasteiger partial charge on any atom is 0.265 e. The Bertz CT molecular complexity index is 1040. The summed E-state index contributed by atoms with van der Waals surface area (Å²) in [6.07, 6.45) is 3.12. The topological polar surface area (TPSA) is 97.8 Å². The first kappa shape index (κ1) is 18.8. The van der Waals surface area contributed by atoms with E-state index in [2.05, 4.69) is 9.71 Å². The number of anilines is 1. The van der Waals surface area contributed by atoms with Crippen molar-refractivity contribution in [2.45, 2.75) is 23.8 Å². The number of amides is 1. The molecule has 0 saturated carbocycles. The van der Waals surface area contributed by atoms with E-state index in [9.17, 15) is 13.2 Å². The average Bonchev–Trinajstić information content (AvgIpc) is 3.10. The molecule has 0 aliphatic carbocycles. The molecule has 1 saturated heterocycles. The predicted octanol–water partition coefficient (Wildman–Crippen LogP) is 2.54. The van der Waals surface area contributed by atoms with Crippen LogP contribution < -0.4 is 14.2 Å². The second-order valence-electron chi connectivity index (χ2n) is 6.58. The van der Waals surface area contributed by atoms with E-state index < -0.39 is 10.0 Å². The molecule has 3 heterocycles. The minimum atomic E-state index is -4.01. The Kier molecular flexibility index (Phi) is 4.80. The molecule has 28 heavy (non-hydrogen) atoms. The summed E-state index contributed by atoms with van der Waals surface area (Å²) < 4.78 is 38.9. The minimum Gasteiger partial charge on any atom is -0.495 e. The number of carbonyl (C=O) groups is 1. The van der Waals surface area contributed by atoms with E-state index in [1.54, 1.807) is 4.90 Å². The van der Waals surface area contributed by atoms with Crippen LogP contribution in [0.25, 0.3) is 0 Å². The number of ether oxygens (including phenoxy) is 2. The molecule has 148 valence electrons. The van der Waals surface area contributed by atoms with E-state index in [1.165, 1.54) is 37.6 Å². The largest absolute Gasteiger partial charge is 0.495 e. The van der Waals surface area contributed by atoms with Gasteiger partial charge in [0, 0.05) is 11.6 Å². The number of halogens is 1. The van der Waals surface area contributed by atoms with Crippen molar-refractivity contribution in [1.29, 1.82) is 0 Å². The number of benzene rings is 1. The maximum absolute atomic E-state index is 12.8. The Balaban J connectivity index is 1.67. The van der Waals surface area contributed by atoms with E-state index in [4.69, 9.17) is 21.1 Å². The first-order chi connectivity index (χ1) is 13.4. The number of hydrogen-bond acceptors (Lipinski definition) is 6. The van der Waals surface area contributed by atoms with E-state index in [-0.39, 0.29) is 44.7 Å². The van der Waals surface area contributed by atoms with Crippen LogP contribution in [0.2, 0.25) is 5.02 Å².